The molecule has 246 valence electrons. The van der Waals surface area contributed by atoms with Crippen LogP contribution in [0.2, 0.25) is 0 Å². The number of hydrogen-bond acceptors (Lipinski definition) is 1. The number of fused-ring (bicyclic) bond motifs is 7. The van der Waals surface area contributed by atoms with Gasteiger partial charge in [-0.25, -0.2) is 0 Å². The van der Waals surface area contributed by atoms with E-state index < -0.39 is 24.2 Å². The fourth-order valence-electron chi connectivity index (χ4n) is 8.22. The van der Waals surface area contributed by atoms with Crippen molar-refractivity contribution in [1.82, 2.24) is 0 Å². The van der Waals surface area contributed by atoms with E-state index >= 15 is 0 Å². The van der Waals surface area contributed by atoms with Crippen LogP contribution in [0.15, 0.2) is 198 Å². The Balaban J connectivity index is 1.24. The monoisotopic (exact) mass is 680 g/mol. The highest BCUT2D eigenvalue weighted by Crippen LogP contribution is 2.47. The molecule has 0 unspecified atom stereocenters. The van der Waals surface area contributed by atoms with E-state index in [1.807, 2.05) is 103 Å². The van der Waals surface area contributed by atoms with E-state index in [0.717, 1.165) is 65.7 Å². The summed E-state index contributed by atoms with van der Waals surface area (Å²) in [6.07, 6.45) is 0. The van der Waals surface area contributed by atoms with Gasteiger partial charge in [0.1, 0.15) is 11.2 Å². The van der Waals surface area contributed by atoms with Gasteiger partial charge in [-0.3, -0.25) is 0 Å². The van der Waals surface area contributed by atoms with Crippen LogP contribution in [-0.2, 0) is 0 Å². The number of benzene rings is 10. The zero-order valence-electron chi connectivity index (χ0n) is 36.3. The average Bonchev–Trinajstić information content (AvgIpc) is 3.68. The predicted molar refractivity (Wildman–Crippen MR) is 225 cm³/mol. The molecule has 0 aliphatic rings. The van der Waals surface area contributed by atoms with E-state index in [0.29, 0.717) is 22.3 Å². The van der Waals surface area contributed by atoms with Crippen LogP contribution >= 0.6 is 0 Å². The lowest BCUT2D eigenvalue weighted by Crippen LogP contribution is -1.92. The molecule has 1 heterocycles. The van der Waals surface area contributed by atoms with Crippen molar-refractivity contribution in [2.75, 3.05) is 0 Å². The first-order chi connectivity index (χ1) is 29.6. The number of rotatable bonds is 4. The summed E-state index contributed by atoms with van der Waals surface area (Å²) < 4.78 is 79.5. The smallest absolute Gasteiger partial charge is 0.136 e. The second-order valence-corrected chi connectivity index (χ2v) is 13.3. The van der Waals surface area contributed by atoms with E-state index in [1.54, 1.807) is 0 Å². The number of para-hydroxylation sites is 1. The summed E-state index contributed by atoms with van der Waals surface area (Å²) in [5.74, 6) is 0. The van der Waals surface area contributed by atoms with Crippen molar-refractivity contribution in [3.8, 4) is 44.5 Å². The lowest BCUT2D eigenvalue weighted by Gasteiger charge is -2.19. The maximum absolute atomic E-state index is 9.44. The third kappa shape index (κ3) is 4.58. The van der Waals surface area contributed by atoms with Crippen LogP contribution in [0.3, 0.4) is 0 Å². The Kier molecular flexibility index (Phi) is 5.07. The quantitative estimate of drug-likeness (QED) is 0.169. The van der Waals surface area contributed by atoms with E-state index in [-0.39, 0.29) is 45.7 Å². The summed E-state index contributed by atoms with van der Waals surface area (Å²) in [7, 11) is 0. The summed E-state index contributed by atoms with van der Waals surface area (Å²) in [6.45, 7) is 0. The molecule has 0 fully saturated rings. The lowest BCUT2D eigenvalue weighted by molar-refractivity contribution is 0.669. The normalized spacial score (nSPS) is 13.9. The molecule has 11 rings (SSSR count). The molecule has 0 bridgehead atoms. The largest absolute Gasteiger partial charge is 0.456 e. The van der Waals surface area contributed by atoms with Gasteiger partial charge in [-0.1, -0.05) is 182 Å². The molecule has 0 aliphatic heterocycles. The van der Waals surface area contributed by atoms with Gasteiger partial charge in [0.2, 0.25) is 0 Å². The molecule has 0 amide bonds. The van der Waals surface area contributed by atoms with Crippen molar-refractivity contribution in [3.05, 3.63) is 194 Å². The highest BCUT2D eigenvalue weighted by Gasteiger charge is 2.21. The van der Waals surface area contributed by atoms with Crippen LogP contribution in [0.5, 0.6) is 0 Å². The van der Waals surface area contributed by atoms with Crippen molar-refractivity contribution in [2.24, 2.45) is 0 Å². The van der Waals surface area contributed by atoms with Crippen molar-refractivity contribution in [3.63, 3.8) is 0 Å². The highest BCUT2D eigenvalue weighted by molar-refractivity contribution is 6.24. The predicted octanol–water partition coefficient (Wildman–Crippen LogP) is 14.9. The van der Waals surface area contributed by atoms with Gasteiger partial charge in [0.25, 0.3) is 0 Å². The summed E-state index contributed by atoms with van der Waals surface area (Å²) in [6, 6.07) is 44.8. The molecule has 0 aliphatic carbocycles. The van der Waals surface area contributed by atoms with E-state index in [9.17, 15) is 5.48 Å². The van der Waals surface area contributed by atoms with Gasteiger partial charge in [-0.2, -0.15) is 0 Å². The standard InChI is InChI=1S/C52H32O/c1-3-17-37-33(13-1)15-11-24-40(37)50-44-21-7-5-19-42(44)49(43-20-6-8-22-45(43)50)36-29-27-35(28-30-36)39-31-32-48-52(46-23-9-10-26-47(46)53-48)51(39)41-25-12-16-34-14-2-4-18-38(34)41/h1-32H/i5D,6D,7D,8D,19D,20D,21D,22D. The zero-order valence-corrected chi connectivity index (χ0v) is 28.3. The van der Waals surface area contributed by atoms with E-state index in [4.69, 9.17) is 9.90 Å². The number of hydrogen-bond donors (Lipinski definition) is 0. The third-order valence-electron chi connectivity index (χ3n) is 10.5. The molecule has 0 atom stereocenters. The third-order valence-corrected chi connectivity index (χ3v) is 10.5. The van der Waals surface area contributed by atoms with Gasteiger partial charge in [0, 0.05) is 16.3 Å². The lowest BCUT2D eigenvalue weighted by atomic mass is 9.84. The molecule has 0 N–H and O–H groups in total. The van der Waals surface area contributed by atoms with Crippen LogP contribution in [-0.4, -0.2) is 0 Å². The van der Waals surface area contributed by atoms with Crippen molar-refractivity contribution in [2.45, 2.75) is 0 Å². The molecule has 1 nitrogen and oxygen atoms in total. The summed E-state index contributed by atoms with van der Waals surface area (Å²) in [5.41, 5.74) is 7.21. The second-order valence-electron chi connectivity index (χ2n) is 13.3. The summed E-state index contributed by atoms with van der Waals surface area (Å²) in [5, 5.41) is 6.58. The van der Waals surface area contributed by atoms with Gasteiger partial charge in [-0.15, -0.1) is 0 Å². The molecule has 0 spiro atoms. The molecular formula is C52H32O. The number of furan rings is 1. The molecule has 53 heavy (non-hydrogen) atoms. The Bertz CT molecular complexity index is 3590. The SMILES string of the molecule is [2H]c1c([2H])c([2H])c2c(-c3cccc4ccccc34)c3c([2H])c([2H])c([2H])c([2H])c3c(-c3ccc(-c4ccc5oc6ccccc6c5c4-c4cccc5ccccc45)cc3)c2c1[2H]. The Morgan fingerprint density at radius 2 is 0.811 bits per heavy atom. The minimum atomic E-state index is -0.431. The first kappa shape index (κ1) is 22.8. The molecule has 0 saturated carbocycles. The fourth-order valence-corrected chi connectivity index (χ4v) is 8.22. The Hall–Kier alpha value is -6.96. The first-order valence-corrected chi connectivity index (χ1v) is 17.6. The Morgan fingerprint density at radius 3 is 1.43 bits per heavy atom. The maximum atomic E-state index is 9.44. The maximum Gasteiger partial charge on any atom is 0.136 e. The van der Waals surface area contributed by atoms with Crippen LogP contribution in [0.4, 0.5) is 0 Å². The van der Waals surface area contributed by atoms with E-state index in [1.165, 1.54) is 0 Å². The van der Waals surface area contributed by atoms with Gasteiger partial charge >= 0.3 is 0 Å². The van der Waals surface area contributed by atoms with E-state index in [2.05, 4.69) is 42.5 Å². The molecule has 0 saturated heterocycles. The molecule has 10 aromatic carbocycles. The minimum Gasteiger partial charge on any atom is -0.456 e. The Labute approximate surface area is 318 Å². The summed E-state index contributed by atoms with van der Waals surface area (Å²) >= 11 is 0. The van der Waals surface area contributed by atoms with Crippen LogP contribution in [0.1, 0.15) is 11.0 Å². The van der Waals surface area contributed by atoms with Crippen LogP contribution < -0.4 is 0 Å². The van der Waals surface area contributed by atoms with Gasteiger partial charge in [-0.05, 0) is 94.2 Å². The second kappa shape index (κ2) is 11.8. The van der Waals surface area contributed by atoms with Gasteiger partial charge < -0.3 is 4.42 Å². The summed E-state index contributed by atoms with van der Waals surface area (Å²) in [4.78, 5) is 0. The van der Waals surface area contributed by atoms with Crippen LogP contribution in [0.25, 0.3) is 110 Å². The van der Waals surface area contributed by atoms with Gasteiger partial charge in [0.15, 0.2) is 0 Å². The minimum absolute atomic E-state index is 0.182. The Morgan fingerprint density at radius 1 is 0.321 bits per heavy atom. The van der Waals surface area contributed by atoms with Gasteiger partial charge in [0.05, 0.1) is 11.0 Å². The first-order valence-electron chi connectivity index (χ1n) is 21.6. The zero-order chi connectivity index (χ0) is 41.8. The topological polar surface area (TPSA) is 13.1 Å². The molecule has 11 aromatic rings. The molecule has 1 aromatic heterocycles. The highest BCUT2D eigenvalue weighted by atomic mass is 16.3. The van der Waals surface area contributed by atoms with Crippen molar-refractivity contribution >= 4 is 65.0 Å². The fraction of sp³-hybridized carbons (Fsp3) is 0. The van der Waals surface area contributed by atoms with Crippen molar-refractivity contribution < 1.29 is 15.4 Å². The average molecular weight is 681 g/mol. The van der Waals surface area contributed by atoms with Crippen molar-refractivity contribution in [1.29, 1.82) is 0 Å². The molecule has 0 radical (unpaired) electrons. The molecule has 1 heteroatoms. The van der Waals surface area contributed by atoms with Crippen LogP contribution in [0, 0.1) is 0 Å². The molecular weight excluding hydrogens is 641 g/mol.